The standard InChI is InChI=1S/C7H10BrN3O/c1-5(8)7(12)11-4-6-9-2-3-10-6/h2-3,5H,4H2,1H3,(H,9,10)(H,11,12). The minimum atomic E-state index is -0.160. The summed E-state index contributed by atoms with van der Waals surface area (Å²) in [6.45, 7) is 2.22. The summed E-state index contributed by atoms with van der Waals surface area (Å²) in [5, 5.41) is 2.70. The molecule has 0 fully saturated rings. The second-order valence-corrected chi connectivity index (χ2v) is 3.74. The van der Waals surface area contributed by atoms with Gasteiger partial charge in [0.25, 0.3) is 0 Å². The topological polar surface area (TPSA) is 57.8 Å². The van der Waals surface area contributed by atoms with Crippen LogP contribution in [-0.2, 0) is 11.3 Å². The number of aromatic amines is 1. The van der Waals surface area contributed by atoms with Gasteiger partial charge >= 0.3 is 0 Å². The van der Waals surface area contributed by atoms with Crippen LogP contribution in [0.3, 0.4) is 0 Å². The summed E-state index contributed by atoms with van der Waals surface area (Å²) < 4.78 is 0. The van der Waals surface area contributed by atoms with Gasteiger partial charge in [-0.1, -0.05) is 15.9 Å². The summed E-state index contributed by atoms with van der Waals surface area (Å²) >= 11 is 3.16. The van der Waals surface area contributed by atoms with Crippen molar-refractivity contribution in [2.45, 2.75) is 18.3 Å². The van der Waals surface area contributed by atoms with Crippen molar-refractivity contribution in [3.63, 3.8) is 0 Å². The van der Waals surface area contributed by atoms with Crippen LogP contribution in [0.5, 0.6) is 0 Å². The van der Waals surface area contributed by atoms with E-state index in [1.54, 1.807) is 19.3 Å². The summed E-state index contributed by atoms with van der Waals surface area (Å²) in [5.41, 5.74) is 0. The summed E-state index contributed by atoms with van der Waals surface area (Å²) in [4.78, 5) is 17.7. The van der Waals surface area contributed by atoms with E-state index in [2.05, 4.69) is 31.2 Å². The highest BCUT2D eigenvalue weighted by molar-refractivity contribution is 9.10. The Kier molecular flexibility index (Phi) is 3.28. The third kappa shape index (κ3) is 2.65. The fourth-order valence-corrected chi connectivity index (χ4v) is 0.868. The number of nitrogens with zero attached hydrogens (tertiary/aromatic N) is 1. The van der Waals surface area contributed by atoms with Gasteiger partial charge in [0, 0.05) is 12.4 Å². The predicted molar refractivity (Wildman–Crippen MR) is 48.8 cm³/mol. The molecule has 1 amide bonds. The summed E-state index contributed by atoms with van der Waals surface area (Å²) in [7, 11) is 0. The lowest BCUT2D eigenvalue weighted by Crippen LogP contribution is -2.29. The maximum atomic E-state index is 11.0. The number of carbonyl (C=O) groups is 1. The normalized spacial score (nSPS) is 12.5. The van der Waals surface area contributed by atoms with Gasteiger partial charge in [-0.2, -0.15) is 0 Å². The molecule has 0 bridgehead atoms. The average molecular weight is 232 g/mol. The first-order chi connectivity index (χ1) is 5.70. The van der Waals surface area contributed by atoms with Gasteiger partial charge in [-0.25, -0.2) is 4.98 Å². The van der Waals surface area contributed by atoms with E-state index in [9.17, 15) is 4.79 Å². The molecule has 1 rings (SSSR count). The first kappa shape index (κ1) is 9.25. The molecular formula is C7H10BrN3O. The van der Waals surface area contributed by atoms with E-state index in [0.29, 0.717) is 6.54 Å². The van der Waals surface area contributed by atoms with Gasteiger partial charge in [-0.15, -0.1) is 0 Å². The van der Waals surface area contributed by atoms with Crippen molar-refractivity contribution in [2.75, 3.05) is 0 Å². The Hall–Kier alpha value is -0.840. The number of imidazole rings is 1. The Morgan fingerprint density at radius 3 is 3.17 bits per heavy atom. The molecule has 0 radical (unpaired) electrons. The second kappa shape index (κ2) is 4.25. The van der Waals surface area contributed by atoms with Crippen LogP contribution in [0, 0.1) is 0 Å². The largest absolute Gasteiger partial charge is 0.348 e. The lowest BCUT2D eigenvalue weighted by molar-refractivity contribution is -0.120. The van der Waals surface area contributed by atoms with Crippen LogP contribution in [0.15, 0.2) is 12.4 Å². The maximum Gasteiger partial charge on any atom is 0.233 e. The minimum absolute atomic E-state index is 0.0357. The SMILES string of the molecule is CC(Br)C(=O)NCc1ncc[nH]1. The van der Waals surface area contributed by atoms with Crippen LogP contribution in [0.25, 0.3) is 0 Å². The van der Waals surface area contributed by atoms with E-state index in [-0.39, 0.29) is 10.7 Å². The quantitative estimate of drug-likeness (QED) is 0.757. The lowest BCUT2D eigenvalue weighted by atomic mass is 10.4. The fraction of sp³-hybridized carbons (Fsp3) is 0.429. The zero-order valence-corrected chi connectivity index (χ0v) is 8.26. The number of hydrogen-bond acceptors (Lipinski definition) is 2. The second-order valence-electron chi connectivity index (χ2n) is 2.37. The summed E-state index contributed by atoms with van der Waals surface area (Å²) in [6.07, 6.45) is 3.37. The van der Waals surface area contributed by atoms with Crippen molar-refractivity contribution in [3.05, 3.63) is 18.2 Å². The van der Waals surface area contributed by atoms with Gasteiger partial charge in [0.05, 0.1) is 11.4 Å². The molecule has 0 saturated heterocycles. The van der Waals surface area contributed by atoms with E-state index < -0.39 is 0 Å². The first-order valence-electron chi connectivity index (χ1n) is 3.60. The Labute approximate surface area is 78.9 Å². The molecule has 1 heterocycles. The Morgan fingerprint density at radius 2 is 2.67 bits per heavy atom. The average Bonchev–Trinajstić information content (AvgIpc) is 2.51. The number of rotatable bonds is 3. The number of amides is 1. The molecule has 1 aromatic rings. The highest BCUT2D eigenvalue weighted by atomic mass is 79.9. The molecule has 0 aliphatic heterocycles. The molecule has 0 spiro atoms. The Morgan fingerprint density at radius 1 is 1.92 bits per heavy atom. The summed E-state index contributed by atoms with van der Waals surface area (Å²) in [6, 6.07) is 0. The fourth-order valence-electron chi connectivity index (χ4n) is 0.706. The molecule has 5 heteroatoms. The molecule has 4 nitrogen and oxygen atoms in total. The zero-order chi connectivity index (χ0) is 8.97. The minimum Gasteiger partial charge on any atom is -0.348 e. The van der Waals surface area contributed by atoms with Crippen LogP contribution in [0.2, 0.25) is 0 Å². The number of alkyl halides is 1. The Balaban J connectivity index is 2.32. The van der Waals surface area contributed by atoms with Gasteiger partial charge in [0.1, 0.15) is 5.82 Å². The molecule has 1 atom stereocenters. The van der Waals surface area contributed by atoms with E-state index >= 15 is 0 Å². The third-order valence-electron chi connectivity index (χ3n) is 1.35. The van der Waals surface area contributed by atoms with Crippen molar-refractivity contribution in [1.29, 1.82) is 0 Å². The number of H-pyrrole nitrogens is 1. The molecular weight excluding hydrogens is 222 g/mol. The first-order valence-corrected chi connectivity index (χ1v) is 4.51. The third-order valence-corrected chi connectivity index (χ3v) is 1.76. The van der Waals surface area contributed by atoms with Gasteiger partial charge in [0.15, 0.2) is 0 Å². The number of carbonyl (C=O) groups excluding carboxylic acids is 1. The maximum absolute atomic E-state index is 11.0. The molecule has 0 aliphatic carbocycles. The highest BCUT2D eigenvalue weighted by Gasteiger charge is 2.07. The van der Waals surface area contributed by atoms with Crippen molar-refractivity contribution in [3.8, 4) is 0 Å². The molecule has 66 valence electrons. The van der Waals surface area contributed by atoms with Crippen LogP contribution in [-0.4, -0.2) is 20.7 Å². The lowest BCUT2D eigenvalue weighted by Gasteiger charge is -2.03. The van der Waals surface area contributed by atoms with Gasteiger partial charge < -0.3 is 10.3 Å². The highest BCUT2D eigenvalue weighted by Crippen LogP contribution is 1.96. The molecule has 12 heavy (non-hydrogen) atoms. The van der Waals surface area contributed by atoms with Crippen molar-refractivity contribution in [2.24, 2.45) is 0 Å². The summed E-state index contributed by atoms with van der Waals surface area (Å²) in [5.74, 6) is 0.725. The van der Waals surface area contributed by atoms with E-state index in [4.69, 9.17) is 0 Å². The van der Waals surface area contributed by atoms with Crippen molar-refractivity contribution in [1.82, 2.24) is 15.3 Å². The van der Waals surface area contributed by atoms with Crippen LogP contribution < -0.4 is 5.32 Å². The molecule has 0 aliphatic rings. The Bertz CT molecular complexity index is 245. The zero-order valence-electron chi connectivity index (χ0n) is 6.67. The number of hydrogen-bond donors (Lipinski definition) is 2. The number of nitrogens with one attached hydrogen (secondary N) is 2. The van der Waals surface area contributed by atoms with Gasteiger partial charge in [-0.3, -0.25) is 4.79 Å². The van der Waals surface area contributed by atoms with Crippen LogP contribution in [0.1, 0.15) is 12.7 Å². The smallest absolute Gasteiger partial charge is 0.233 e. The number of halogens is 1. The monoisotopic (exact) mass is 231 g/mol. The predicted octanol–water partition coefficient (Wildman–Crippen LogP) is 0.809. The molecule has 0 aromatic carbocycles. The molecule has 0 saturated carbocycles. The number of aromatic nitrogens is 2. The van der Waals surface area contributed by atoms with E-state index in [1.165, 1.54) is 0 Å². The van der Waals surface area contributed by atoms with E-state index in [0.717, 1.165) is 5.82 Å². The van der Waals surface area contributed by atoms with Gasteiger partial charge in [-0.05, 0) is 6.92 Å². The molecule has 2 N–H and O–H groups in total. The molecule has 1 aromatic heterocycles. The van der Waals surface area contributed by atoms with Crippen molar-refractivity contribution >= 4 is 21.8 Å². The van der Waals surface area contributed by atoms with Crippen LogP contribution >= 0.6 is 15.9 Å². The van der Waals surface area contributed by atoms with Gasteiger partial charge in [0.2, 0.25) is 5.91 Å². The van der Waals surface area contributed by atoms with Crippen LogP contribution in [0.4, 0.5) is 0 Å². The van der Waals surface area contributed by atoms with Crippen molar-refractivity contribution < 1.29 is 4.79 Å². The molecule has 1 unspecified atom stereocenters. The van der Waals surface area contributed by atoms with E-state index in [1.807, 2.05) is 0 Å².